The predicted octanol–water partition coefficient (Wildman–Crippen LogP) is 6.55. The van der Waals surface area contributed by atoms with Crippen LogP contribution in [-0.2, 0) is 26.2 Å². The molecule has 0 nitrogen and oxygen atoms in total. The molecule has 0 saturated carbocycles. The zero-order valence-electron chi connectivity index (χ0n) is 15.1. The fraction of sp³-hybridized carbons (Fsp3) is 0.333. The van der Waals surface area contributed by atoms with Crippen LogP contribution in [0.3, 0.4) is 0 Å². The van der Waals surface area contributed by atoms with Gasteiger partial charge in [0.1, 0.15) is 0 Å². The molecule has 2 atom stereocenters. The summed E-state index contributed by atoms with van der Waals surface area (Å²) in [5.41, 5.74) is 8.58. The topological polar surface area (TPSA) is 0 Å². The minimum atomic E-state index is 0. The first-order valence-electron chi connectivity index (χ1n) is 9.25. The average Bonchev–Trinajstić information content (AvgIpc) is 3.18. The van der Waals surface area contributed by atoms with Crippen LogP contribution in [0.5, 0.6) is 0 Å². The van der Waals surface area contributed by atoms with Crippen LogP contribution in [0, 0.1) is 12.2 Å². The van der Waals surface area contributed by atoms with Gasteiger partial charge in [-0.15, -0.1) is 23.3 Å². The Labute approximate surface area is 171 Å². The largest absolute Gasteiger partial charge is 2.00 e. The van der Waals surface area contributed by atoms with E-state index in [9.17, 15) is 0 Å². The normalized spacial score (nSPS) is 20.4. The van der Waals surface area contributed by atoms with E-state index in [-0.39, 0.29) is 26.2 Å². The van der Waals surface area contributed by atoms with Gasteiger partial charge < -0.3 is 0 Å². The molecule has 25 heavy (non-hydrogen) atoms. The SMILES string of the molecule is CC[C@H]1[C-]=C(CCC2=[C-][C@@H](CC)c3ccccc32)c2ccccc21.[Zr+2]. The van der Waals surface area contributed by atoms with Crippen LogP contribution in [0.2, 0.25) is 0 Å². The van der Waals surface area contributed by atoms with Gasteiger partial charge in [-0.25, -0.2) is 11.1 Å². The summed E-state index contributed by atoms with van der Waals surface area (Å²) in [6.07, 6.45) is 11.9. The molecule has 0 unspecified atom stereocenters. The summed E-state index contributed by atoms with van der Waals surface area (Å²) in [4.78, 5) is 0. The zero-order valence-corrected chi connectivity index (χ0v) is 17.6. The molecule has 0 saturated heterocycles. The van der Waals surface area contributed by atoms with Gasteiger partial charge in [0.2, 0.25) is 0 Å². The van der Waals surface area contributed by atoms with Crippen molar-refractivity contribution in [2.24, 2.45) is 0 Å². The Morgan fingerprint density at radius 3 is 1.48 bits per heavy atom. The van der Waals surface area contributed by atoms with Gasteiger partial charge in [-0.3, -0.25) is 12.2 Å². The summed E-state index contributed by atoms with van der Waals surface area (Å²) in [5.74, 6) is 0.960. The summed E-state index contributed by atoms with van der Waals surface area (Å²) in [5, 5.41) is 0. The third-order valence-corrected chi connectivity index (χ3v) is 5.46. The smallest absolute Gasteiger partial charge is 0.265 e. The molecule has 4 rings (SSSR count). The van der Waals surface area contributed by atoms with Crippen LogP contribution in [0.1, 0.15) is 73.6 Å². The number of rotatable bonds is 5. The molecule has 2 aromatic rings. The molecular formula is C24H24Zr. The van der Waals surface area contributed by atoms with Crippen molar-refractivity contribution in [3.63, 3.8) is 0 Å². The first-order chi connectivity index (χ1) is 11.8. The van der Waals surface area contributed by atoms with Crippen LogP contribution >= 0.6 is 0 Å². The molecule has 2 aliphatic carbocycles. The van der Waals surface area contributed by atoms with E-state index in [1.165, 1.54) is 33.4 Å². The van der Waals surface area contributed by atoms with Gasteiger partial charge in [0, 0.05) is 0 Å². The predicted molar refractivity (Wildman–Crippen MR) is 101 cm³/mol. The Bertz CT molecular complexity index is 743. The van der Waals surface area contributed by atoms with E-state index in [0.29, 0.717) is 11.8 Å². The maximum atomic E-state index is 3.75. The molecule has 0 heterocycles. The number of fused-ring (bicyclic) bond motifs is 2. The average molecular weight is 404 g/mol. The van der Waals surface area contributed by atoms with Crippen molar-refractivity contribution in [3.8, 4) is 0 Å². The Morgan fingerprint density at radius 1 is 0.680 bits per heavy atom. The van der Waals surface area contributed by atoms with E-state index in [0.717, 1.165) is 25.7 Å². The fourth-order valence-corrected chi connectivity index (χ4v) is 4.19. The van der Waals surface area contributed by atoms with Crippen molar-refractivity contribution in [2.75, 3.05) is 0 Å². The van der Waals surface area contributed by atoms with E-state index in [1.807, 2.05) is 0 Å². The standard InChI is InChI=1S/C24H24.Zr/c1-3-17-15-19(23-11-7-5-9-21(17)23)13-14-20-16-18(4-2)22-10-6-8-12-24(20)22;/h5-12,17-18H,3-4,13-14H2,1-2H3;/q-2;+2/t17-,18+;. The Balaban J connectivity index is 0.00000182. The first kappa shape index (κ1) is 18.6. The van der Waals surface area contributed by atoms with Crippen molar-refractivity contribution < 1.29 is 26.2 Å². The van der Waals surface area contributed by atoms with Gasteiger partial charge >= 0.3 is 26.2 Å². The molecule has 0 radical (unpaired) electrons. The van der Waals surface area contributed by atoms with Gasteiger partial charge in [-0.2, -0.15) is 11.1 Å². The first-order valence-corrected chi connectivity index (χ1v) is 9.25. The summed E-state index contributed by atoms with van der Waals surface area (Å²) < 4.78 is 0. The second kappa shape index (κ2) is 8.00. The summed E-state index contributed by atoms with van der Waals surface area (Å²) in [7, 11) is 0. The van der Waals surface area contributed by atoms with Gasteiger partial charge in [0.15, 0.2) is 0 Å². The van der Waals surface area contributed by atoms with Gasteiger partial charge in [-0.1, -0.05) is 87.8 Å². The molecule has 0 bridgehead atoms. The molecule has 0 spiro atoms. The third-order valence-electron chi connectivity index (χ3n) is 5.46. The Kier molecular flexibility index (Phi) is 5.95. The Hall–Kier alpha value is -1.20. The number of hydrogen-bond donors (Lipinski definition) is 0. The molecule has 0 aliphatic heterocycles. The van der Waals surface area contributed by atoms with Gasteiger partial charge in [0.25, 0.3) is 0 Å². The minimum absolute atomic E-state index is 0. The monoisotopic (exact) mass is 402 g/mol. The van der Waals surface area contributed by atoms with Crippen LogP contribution < -0.4 is 0 Å². The van der Waals surface area contributed by atoms with Crippen LogP contribution in [0.25, 0.3) is 11.1 Å². The molecular weight excluding hydrogens is 379 g/mol. The Morgan fingerprint density at radius 2 is 1.08 bits per heavy atom. The number of allylic oxidation sites excluding steroid dienone is 4. The quantitative estimate of drug-likeness (QED) is 0.496. The fourth-order valence-electron chi connectivity index (χ4n) is 4.19. The van der Waals surface area contributed by atoms with Crippen molar-refractivity contribution >= 4 is 11.1 Å². The third kappa shape index (κ3) is 3.41. The van der Waals surface area contributed by atoms with Crippen molar-refractivity contribution in [2.45, 2.75) is 51.4 Å². The molecule has 2 aromatic carbocycles. The second-order valence-electron chi connectivity index (χ2n) is 6.84. The van der Waals surface area contributed by atoms with Crippen molar-refractivity contribution in [3.05, 3.63) is 82.9 Å². The summed E-state index contributed by atoms with van der Waals surface area (Å²) >= 11 is 0. The molecule has 0 aromatic heterocycles. The molecule has 0 amide bonds. The van der Waals surface area contributed by atoms with E-state index in [2.05, 4.69) is 74.5 Å². The number of benzene rings is 2. The van der Waals surface area contributed by atoms with Gasteiger partial charge in [-0.05, 0) is 0 Å². The number of hydrogen-bond acceptors (Lipinski definition) is 0. The van der Waals surface area contributed by atoms with E-state index >= 15 is 0 Å². The van der Waals surface area contributed by atoms with Crippen LogP contribution in [-0.4, -0.2) is 0 Å². The minimum Gasteiger partial charge on any atom is -0.265 e. The van der Waals surface area contributed by atoms with Gasteiger partial charge in [0.05, 0.1) is 0 Å². The second-order valence-corrected chi connectivity index (χ2v) is 6.84. The van der Waals surface area contributed by atoms with Crippen LogP contribution in [0.4, 0.5) is 0 Å². The summed E-state index contributed by atoms with van der Waals surface area (Å²) in [6, 6.07) is 17.7. The molecule has 124 valence electrons. The zero-order chi connectivity index (χ0) is 16.5. The van der Waals surface area contributed by atoms with Crippen molar-refractivity contribution in [1.82, 2.24) is 0 Å². The maximum Gasteiger partial charge on any atom is 2.00 e. The van der Waals surface area contributed by atoms with E-state index in [4.69, 9.17) is 0 Å². The molecule has 1 heteroatoms. The molecule has 2 aliphatic rings. The van der Waals surface area contributed by atoms with E-state index < -0.39 is 0 Å². The van der Waals surface area contributed by atoms with E-state index in [1.54, 1.807) is 0 Å². The molecule has 0 fully saturated rings. The molecule has 0 N–H and O–H groups in total. The maximum absolute atomic E-state index is 3.75. The van der Waals surface area contributed by atoms with Crippen molar-refractivity contribution in [1.29, 1.82) is 0 Å². The summed E-state index contributed by atoms with van der Waals surface area (Å²) in [6.45, 7) is 4.51. The van der Waals surface area contributed by atoms with Crippen LogP contribution in [0.15, 0.2) is 48.5 Å².